The zero-order valence-corrected chi connectivity index (χ0v) is 6.37. The van der Waals surface area contributed by atoms with Gasteiger partial charge in [0.15, 0.2) is 0 Å². The number of anilines is 1. The molecule has 4 heteroatoms. The molecular weight excluding hydrogens is 148 g/mol. The van der Waals surface area contributed by atoms with Gasteiger partial charge in [0.05, 0.1) is 5.00 Å². The highest BCUT2D eigenvalue weighted by molar-refractivity contribution is 7.16. The van der Waals surface area contributed by atoms with Crippen LogP contribution in [0.5, 0.6) is 0 Å². The van der Waals surface area contributed by atoms with Crippen LogP contribution in [0.2, 0.25) is 0 Å². The Bertz CT molecular complexity index is 251. The van der Waals surface area contributed by atoms with Crippen molar-refractivity contribution in [3.8, 4) is 0 Å². The summed E-state index contributed by atoms with van der Waals surface area (Å²) >= 11 is 1.50. The van der Waals surface area contributed by atoms with Crippen molar-refractivity contribution in [2.75, 3.05) is 5.32 Å². The highest BCUT2D eigenvalue weighted by Gasteiger charge is 1.96. The van der Waals surface area contributed by atoms with Gasteiger partial charge in [-0.25, -0.2) is 4.79 Å². The van der Waals surface area contributed by atoms with Crippen molar-refractivity contribution < 1.29 is 7.65 Å². The Morgan fingerprint density at radius 1 is 1.80 bits per heavy atom. The largest absolute Gasteiger partial charge is 0.351 e. The normalized spacial score (nSPS) is 9.30. The van der Waals surface area contributed by atoms with E-state index >= 15 is 0 Å². The third-order valence-corrected chi connectivity index (χ3v) is 1.90. The van der Waals surface area contributed by atoms with Crippen LogP contribution in [0.15, 0.2) is 12.1 Å². The van der Waals surface area contributed by atoms with E-state index in [-0.39, 0.29) is 2.85 Å². The predicted molar refractivity (Wildman–Crippen MR) is 46.5 cm³/mol. The minimum Gasteiger partial charge on any atom is -0.351 e. The average Bonchev–Trinajstić information content (AvgIpc) is 2.13. The number of rotatable bonds is 1. The van der Waals surface area contributed by atoms with Crippen LogP contribution in [-0.2, 0) is 0 Å². The number of thiophene rings is 1. The molecular formula is C6H12N2OS. The molecule has 58 valence electrons. The maximum absolute atomic E-state index is 10.3. The monoisotopic (exact) mass is 160 g/mol. The Morgan fingerprint density at radius 2 is 2.50 bits per heavy atom. The standard InChI is InChI=1S/C6H8N2OS.2H2/c1-4-2-3-5(10-4)8-6(7)9;;/h2-3H,1H3,(H3,7,8,9);2*1H. The maximum Gasteiger partial charge on any atom is 0.317 e. The van der Waals surface area contributed by atoms with Crippen LogP contribution in [0.25, 0.3) is 0 Å². The van der Waals surface area contributed by atoms with E-state index < -0.39 is 6.03 Å². The van der Waals surface area contributed by atoms with Gasteiger partial charge in [-0.3, -0.25) is 5.32 Å². The molecule has 0 aliphatic carbocycles. The van der Waals surface area contributed by atoms with Gasteiger partial charge in [0.2, 0.25) is 0 Å². The number of hydrogen-bond acceptors (Lipinski definition) is 2. The van der Waals surface area contributed by atoms with Crippen molar-refractivity contribution in [1.29, 1.82) is 0 Å². The zero-order chi connectivity index (χ0) is 7.56. The van der Waals surface area contributed by atoms with Gasteiger partial charge in [-0.05, 0) is 19.1 Å². The molecule has 0 aliphatic rings. The molecule has 10 heavy (non-hydrogen) atoms. The fraction of sp³-hybridized carbons (Fsp3) is 0.167. The number of urea groups is 1. The lowest BCUT2D eigenvalue weighted by atomic mass is 10.5. The summed E-state index contributed by atoms with van der Waals surface area (Å²) < 4.78 is 0. The van der Waals surface area contributed by atoms with Gasteiger partial charge >= 0.3 is 6.03 Å². The van der Waals surface area contributed by atoms with Crippen LogP contribution >= 0.6 is 11.3 Å². The summed E-state index contributed by atoms with van der Waals surface area (Å²) in [5, 5.41) is 3.28. The van der Waals surface area contributed by atoms with E-state index in [9.17, 15) is 4.79 Å². The summed E-state index contributed by atoms with van der Waals surface area (Å²) in [4.78, 5) is 11.5. The van der Waals surface area contributed by atoms with E-state index in [1.54, 1.807) is 0 Å². The molecule has 0 atom stereocenters. The number of primary amides is 1. The fourth-order valence-corrected chi connectivity index (χ4v) is 1.39. The molecule has 0 saturated carbocycles. The molecule has 3 N–H and O–H groups in total. The second kappa shape index (κ2) is 2.70. The number of nitrogens with one attached hydrogen (secondary N) is 1. The Labute approximate surface area is 65.8 Å². The Kier molecular flexibility index (Phi) is 1.91. The van der Waals surface area contributed by atoms with Crippen molar-refractivity contribution >= 4 is 22.4 Å². The van der Waals surface area contributed by atoms with Crippen LogP contribution in [0, 0.1) is 6.92 Å². The van der Waals surface area contributed by atoms with Gasteiger partial charge in [-0.2, -0.15) is 0 Å². The summed E-state index contributed by atoms with van der Waals surface area (Å²) in [5.74, 6) is 0. The molecule has 0 fully saturated rings. The van der Waals surface area contributed by atoms with Gasteiger partial charge in [-0.15, -0.1) is 11.3 Å². The number of hydrogen-bond donors (Lipinski definition) is 2. The highest BCUT2D eigenvalue weighted by atomic mass is 32.1. The summed E-state index contributed by atoms with van der Waals surface area (Å²) in [5.41, 5.74) is 4.89. The molecule has 0 aliphatic heterocycles. The van der Waals surface area contributed by atoms with Gasteiger partial charge in [0.25, 0.3) is 0 Å². The Hall–Kier alpha value is -1.03. The number of carbonyl (C=O) groups excluding carboxylic acids is 1. The summed E-state index contributed by atoms with van der Waals surface area (Å²) in [6.45, 7) is 1.97. The first kappa shape index (κ1) is 7.08. The first-order valence-corrected chi connectivity index (χ1v) is 3.63. The molecule has 0 bridgehead atoms. The van der Waals surface area contributed by atoms with Gasteiger partial charge < -0.3 is 5.73 Å². The molecule has 2 amide bonds. The maximum atomic E-state index is 10.3. The van der Waals surface area contributed by atoms with E-state index in [2.05, 4.69) is 5.32 Å². The van der Waals surface area contributed by atoms with E-state index in [1.165, 1.54) is 11.3 Å². The van der Waals surface area contributed by atoms with Crippen molar-refractivity contribution in [3.05, 3.63) is 17.0 Å². The molecule has 0 radical (unpaired) electrons. The molecule has 1 aromatic heterocycles. The highest BCUT2D eigenvalue weighted by Crippen LogP contribution is 2.19. The number of carbonyl (C=O) groups is 1. The third-order valence-electron chi connectivity index (χ3n) is 0.987. The average molecular weight is 160 g/mol. The van der Waals surface area contributed by atoms with Crippen molar-refractivity contribution in [1.82, 2.24) is 0 Å². The molecule has 0 unspecified atom stereocenters. The molecule has 3 nitrogen and oxygen atoms in total. The van der Waals surface area contributed by atoms with Gasteiger partial charge in [-0.1, -0.05) is 0 Å². The second-order valence-corrected chi connectivity index (χ2v) is 3.19. The lowest BCUT2D eigenvalue weighted by Crippen LogP contribution is -2.18. The zero-order valence-electron chi connectivity index (χ0n) is 5.55. The minimum absolute atomic E-state index is 0. The topological polar surface area (TPSA) is 55.1 Å². The van der Waals surface area contributed by atoms with E-state index in [0.29, 0.717) is 0 Å². The molecule has 1 rings (SSSR count). The summed E-state index contributed by atoms with van der Waals surface area (Å²) in [6, 6.07) is 3.24. The SMILES string of the molecule is Cc1ccc(NC(N)=O)s1.[HH].[HH]. The third kappa shape index (κ3) is 1.73. The Morgan fingerprint density at radius 3 is 2.90 bits per heavy atom. The van der Waals surface area contributed by atoms with Crippen LogP contribution < -0.4 is 11.1 Å². The lowest BCUT2D eigenvalue weighted by Gasteiger charge is -1.92. The molecule has 0 spiro atoms. The summed E-state index contributed by atoms with van der Waals surface area (Å²) in [6.07, 6.45) is 0. The van der Waals surface area contributed by atoms with E-state index in [1.807, 2.05) is 19.1 Å². The van der Waals surface area contributed by atoms with Crippen molar-refractivity contribution in [3.63, 3.8) is 0 Å². The van der Waals surface area contributed by atoms with Gasteiger partial charge in [0.1, 0.15) is 0 Å². The molecule has 1 heterocycles. The quantitative estimate of drug-likeness (QED) is 0.649. The second-order valence-electron chi connectivity index (χ2n) is 1.90. The number of aryl methyl sites for hydroxylation is 1. The molecule has 0 aromatic carbocycles. The minimum atomic E-state index is -0.512. The van der Waals surface area contributed by atoms with Crippen molar-refractivity contribution in [2.24, 2.45) is 5.73 Å². The number of nitrogens with two attached hydrogens (primary N) is 1. The van der Waals surface area contributed by atoms with E-state index in [0.717, 1.165) is 9.88 Å². The predicted octanol–water partition coefficient (Wildman–Crippen LogP) is 2.04. The van der Waals surface area contributed by atoms with Crippen LogP contribution in [0.3, 0.4) is 0 Å². The fourth-order valence-electron chi connectivity index (χ4n) is 0.623. The first-order valence-electron chi connectivity index (χ1n) is 2.81. The smallest absolute Gasteiger partial charge is 0.317 e. The Balaban J connectivity index is 0. The van der Waals surface area contributed by atoms with E-state index in [4.69, 9.17) is 5.73 Å². The molecule has 1 aromatic rings. The van der Waals surface area contributed by atoms with Crippen LogP contribution in [0.1, 0.15) is 7.73 Å². The summed E-state index contributed by atoms with van der Waals surface area (Å²) in [7, 11) is 0. The van der Waals surface area contributed by atoms with Gasteiger partial charge in [0, 0.05) is 7.73 Å². The van der Waals surface area contributed by atoms with Crippen LogP contribution in [-0.4, -0.2) is 6.03 Å². The molecule has 0 saturated heterocycles. The number of amides is 2. The lowest BCUT2D eigenvalue weighted by molar-refractivity contribution is 0.259. The first-order chi connectivity index (χ1) is 4.68. The van der Waals surface area contributed by atoms with Crippen molar-refractivity contribution in [2.45, 2.75) is 6.92 Å². The van der Waals surface area contributed by atoms with Crippen LogP contribution in [0.4, 0.5) is 9.80 Å².